The number of para-hydroxylation sites is 2. The van der Waals surface area contributed by atoms with Crippen molar-refractivity contribution in [3.63, 3.8) is 0 Å². The second-order valence-corrected chi connectivity index (χ2v) is 14.8. The number of aromatic nitrogens is 1. The summed E-state index contributed by atoms with van der Waals surface area (Å²) in [5, 5.41) is 7.65. The van der Waals surface area contributed by atoms with Crippen LogP contribution in [0.5, 0.6) is 0 Å². The third kappa shape index (κ3) is 3.41. The second-order valence-electron chi connectivity index (χ2n) is 13.7. The lowest BCUT2D eigenvalue weighted by Gasteiger charge is -2.23. The summed E-state index contributed by atoms with van der Waals surface area (Å²) in [6.45, 7) is 4.76. The molecule has 0 saturated heterocycles. The summed E-state index contributed by atoms with van der Waals surface area (Å²) in [6, 6.07) is 51.4. The Kier molecular flexibility index (Phi) is 5.09. The van der Waals surface area contributed by atoms with Crippen molar-refractivity contribution in [2.24, 2.45) is 0 Å². The first kappa shape index (κ1) is 26.4. The van der Waals surface area contributed by atoms with Crippen molar-refractivity contribution in [1.29, 1.82) is 0 Å². The van der Waals surface area contributed by atoms with Gasteiger partial charge in [-0.2, -0.15) is 0 Å². The lowest BCUT2D eigenvalue weighted by molar-refractivity contribution is 0.660. The highest BCUT2D eigenvalue weighted by molar-refractivity contribution is 7.26. The van der Waals surface area contributed by atoms with E-state index in [1.807, 2.05) is 23.5 Å². The smallest absolute Gasteiger partial charge is 0.135 e. The van der Waals surface area contributed by atoms with E-state index in [9.17, 15) is 0 Å². The molecule has 7 aromatic carbocycles. The summed E-state index contributed by atoms with van der Waals surface area (Å²) >= 11 is 1.91. The first-order chi connectivity index (χ1) is 23.5. The summed E-state index contributed by atoms with van der Waals surface area (Å²) in [4.78, 5) is 0. The quantitative estimate of drug-likeness (QED) is 0.186. The minimum absolute atomic E-state index is 0.152. The molecule has 48 heavy (non-hydrogen) atoms. The Hall–Kier alpha value is -5.64. The molecule has 0 saturated carbocycles. The highest BCUT2D eigenvalue weighted by atomic mass is 32.1. The van der Waals surface area contributed by atoms with Crippen molar-refractivity contribution in [2.45, 2.75) is 19.3 Å². The molecule has 3 heterocycles. The van der Waals surface area contributed by atoms with E-state index in [1.165, 1.54) is 81.0 Å². The third-order valence-electron chi connectivity index (χ3n) is 10.8. The van der Waals surface area contributed by atoms with Crippen molar-refractivity contribution in [3.8, 4) is 27.9 Å². The van der Waals surface area contributed by atoms with Gasteiger partial charge in [-0.15, -0.1) is 11.3 Å². The lowest BCUT2D eigenvalue weighted by atomic mass is 9.81. The van der Waals surface area contributed by atoms with Gasteiger partial charge in [-0.1, -0.05) is 98.8 Å². The molecule has 1 aliphatic carbocycles. The maximum Gasteiger partial charge on any atom is 0.135 e. The highest BCUT2D eigenvalue weighted by Crippen LogP contribution is 2.51. The molecule has 0 unspecified atom stereocenters. The molecule has 226 valence electrons. The number of hydrogen-bond acceptors (Lipinski definition) is 2. The van der Waals surface area contributed by atoms with Gasteiger partial charge >= 0.3 is 0 Å². The third-order valence-corrected chi connectivity index (χ3v) is 12.0. The first-order valence-electron chi connectivity index (χ1n) is 16.6. The molecule has 0 radical (unpaired) electrons. The average Bonchev–Trinajstić information content (AvgIpc) is 3.84. The molecule has 2 nitrogen and oxygen atoms in total. The Morgan fingerprint density at radius 1 is 0.521 bits per heavy atom. The number of fused-ring (bicyclic) bond motifs is 13. The van der Waals surface area contributed by atoms with Gasteiger partial charge in [0.1, 0.15) is 11.2 Å². The van der Waals surface area contributed by atoms with Gasteiger partial charge in [-0.3, -0.25) is 0 Å². The predicted octanol–water partition coefficient (Wildman–Crippen LogP) is 13.0. The van der Waals surface area contributed by atoms with Gasteiger partial charge in [0.25, 0.3) is 0 Å². The minimum atomic E-state index is -0.152. The molecule has 3 heteroatoms. The highest BCUT2D eigenvalue weighted by Gasteiger charge is 2.36. The van der Waals surface area contributed by atoms with Gasteiger partial charge in [0.05, 0.1) is 11.0 Å². The summed E-state index contributed by atoms with van der Waals surface area (Å²) < 4.78 is 11.3. The normalized spacial score (nSPS) is 13.8. The summed E-state index contributed by atoms with van der Waals surface area (Å²) in [5.41, 5.74) is 13.3. The SMILES string of the molecule is CC1(C)c2cc(-c3ccc4oc5ccccc5c4c3)ccc2-c2ccc(-n3c4ccccc4c4c5sc6ccccc6c5ccc43)cc21. The molecule has 0 fully saturated rings. The van der Waals surface area contributed by atoms with Gasteiger partial charge in [0.15, 0.2) is 0 Å². The van der Waals surface area contributed by atoms with Crippen LogP contribution in [-0.4, -0.2) is 4.57 Å². The molecule has 11 rings (SSSR count). The Bertz CT molecular complexity index is 2990. The maximum atomic E-state index is 6.12. The van der Waals surface area contributed by atoms with Gasteiger partial charge in [0.2, 0.25) is 0 Å². The molecule has 3 aromatic heterocycles. The molecule has 0 bridgehead atoms. The average molecular weight is 632 g/mol. The fourth-order valence-electron chi connectivity index (χ4n) is 8.46. The Labute approximate surface area is 281 Å². The minimum Gasteiger partial charge on any atom is -0.456 e. The summed E-state index contributed by atoms with van der Waals surface area (Å²) in [5.74, 6) is 0. The van der Waals surface area contributed by atoms with E-state index < -0.39 is 0 Å². The van der Waals surface area contributed by atoms with Crippen LogP contribution in [0.2, 0.25) is 0 Å². The standard InChI is InChI=1S/C45H29NOS/c1-45(2)36-24-27(26-16-22-41-35(23-26)31-9-4-7-13-40(31)47-41)15-18-29(36)30-19-17-28(25-37(30)45)46-38-12-6-3-11-34(38)43-39(46)21-20-33-32-10-5-8-14-42(32)48-44(33)43/h3-25H,1-2H3. The van der Waals surface area contributed by atoms with Gasteiger partial charge < -0.3 is 8.98 Å². The predicted molar refractivity (Wildman–Crippen MR) is 204 cm³/mol. The number of benzene rings is 7. The molecule has 0 N–H and O–H groups in total. The van der Waals surface area contributed by atoms with Gasteiger partial charge in [0, 0.05) is 52.8 Å². The van der Waals surface area contributed by atoms with Crippen molar-refractivity contribution in [1.82, 2.24) is 4.57 Å². The number of thiophene rings is 1. The van der Waals surface area contributed by atoms with Crippen LogP contribution in [-0.2, 0) is 5.41 Å². The van der Waals surface area contributed by atoms with Gasteiger partial charge in [-0.05, 0) is 88.0 Å². The number of hydrogen-bond donors (Lipinski definition) is 0. The van der Waals surface area contributed by atoms with E-state index in [1.54, 1.807) is 0 Å². The van der Waals surface area contributed by atoms with Gasteiger partial charge in [-0.25, -0.2) is 0 Å². The molecule has 0 spiro atoms. The molecule has 0 aliphatic heterocycles. The topological polar surface area (TPSA) is 18.1 Å². The van der Waals surface area contributed by atoms with Crippen LogP contribution in [0.15, 0.2) is 144 Å². The van der Waals surface area contributed by atoms with Crippen molar-refractivity contribution in [2.75, 3.05) is 0 Å². The maximum absolute atomic E-state index is 6.12. The monoisotopic (exact) mass is 631 g/mol. The van der Waals surface area contributed by atoms with Crippen LogP contribution in [0.3, 0.4) is 0 Å². The lowest BCUT2D eigenvalue weighted by Crippen LogP contribution is -2.15. The zero-order valence-corrected chi connectivity index (χ0v) is 27.4. The molecular formula is C45H29NOS. The van der Waals surface area contributed by atoms with Crippen LogP contribution in [0.25, 0.3) is 91.9 Å². The second kappa shape index (κ2) is 9.25. The van der Waals surface area contributed by atoms with Crippen LogP contribution in [0.4, 0.5) is 0 Å². The zero-order valence-electron chi connectivity index (χ0n) is 26.5. The Balaban J connectivity index is 1.07. The van der Waals surface area contributed by atoms with E-state index in [2.05, 4.69) is 146 Å². The Morgan fingerprint density at radius 3 is 2.10 bits per heavy atom. The fourth-order valence-corrected chi connectivity index (χ4v) is 9.72. The largest absolute Gasteiger partial charge is 0.456 e. The molecule has 0 atom stereocenters. The van der Waals surface area contributed by atoms with E-state index in [4.69, 9.17) is 4.42 Å². The first-order valence-corrected chi connectivity index (χ1v) is 17.4. The van der Waals surface area contributed by atoms with Crippen LogP contribution in [0.1, 0.15) is 25.0 Å². The van der Waals surface area contributed by atoms with Crippen LogP contribution in [0, 0.1) is 0 Å². The number of rotatable bonds is 2. The number of nitrogens with zero attached hydrogens (tertiary/aromatic N) is 1. The summed E-state index contributed by atoms with van der Waals surface area (Å²) in [6.07, 6.45) is 0. The van der Waals surface area contributed by atoms with Crippen molar-refractivity contribution < 1.29 is 4.42 Å². The molecule has 10 aromatic rings. The van der Waals surface area contributed by atoms with Crippen molar-refractivity contribution in [3.05, 3.63) is 151 Å². The van der Waals surface area contributed by atoms with E-state index >= 15 is 0 Å². The van der Waals surface area contributed by atoms with E-state index in [0.717, 1.165) is 21.9 Å². The number of furan rings is 1. The van der Waals surface area contributed by atoms with Crippen LogP contribution >= 0.6 is 11.3 Å². The fraction of sp³-hybridized carbons (Fsp3) is 0.0667. The van der Waals surface area contributed by atoms with E-state index in [-0.39, 0.29) is 5.41 Å². The Morgan fingerprint density at radius 2 is 1.21 bits per heavy atom. The molecular weight excluding hydrogens is 603 g/mol. The van der Waals surface area contributed by atoms with Crippen molar-refractivity contribution >= 4 is 75.3 Å². The molecule has 1 aliphatic rings. The van der Waals surface area contributed by atoms with Crippen LogP contribution < -0.4 is 0 Å². The molecule has 0 amide bonds. The summed E-state index contributed by atoms with van der Waals surface area (Å²) in [7, 11) is 0. The van der Waals surface area contributed by atoms with E-state index in [0.29, 0.717) is 0 Å². The zero-order chi connectivity index (χ0) is 31.7.